The first-order valence-electron chi connectivity index (χ1n) is 10.6. The van der Waals surface area contributed by atoms with Gasteiger partial charge < -0.3 is 10.6 Å². The molecule has 0 bridgehead atoms. The number of benzene rings is 3. The van der Waals surface area contributed by atoms with E-state index in [0.29, 0.717) is 41.3 Å². The SMILES string of the molecule is CC(=O)Nc1cc(-c2ccccc2)nn1-c1ccc(C(=O)NCCc2ccccc2F)cc1. The Kier molecular flexibility index (Phi) is 6.59. The van der Waals surface area contributed by atoms with Crippen molar-refractivity contribution in [3.63, 3.8) is 0 Å². The molecule has 166 valence electrons. The van der Waals surface area contributed by atoms with Gasteiger partial charge >= 0.3 is 0 Å². The van der Waals surface area contributed by atoms with Crippen LogP contribution in [0, 0.1) is 5.82 Å². The van der Waals surface area contributed by atoms with Crippen LogP contribution in [-0.4, -0.2) is 28.1 Å². The van der Waals surface area contributed by atoms with E-state index >= 15 is 0 Å². The summed E-state index contributed by atoms with van der Waals surface area (Å²) in [6.45, 7) is 1.77. The summed E-state index contributed by atoms with van der Waals surface area (Å²) >= 11 is 0. The van der Waals surface area contributed by atoms with Crippen LogP contribution in [-0.2, 0) is 11.2 Å². The van der Waals surface area contributed by atoms with Crippen LogP contribution in [0.3, 0.4) is 0 Å². The minimum Gasteiger partial charge on any atom is -0.352 e. The third-order valence-electron chi connectivity index (χ3n) is 5.09. The van der Waals surface area contributed by atoms with Crippen molar-refractivity contribution in [2.45, 2.75) is 13.3 Å². The molecular formula is C26H23FN4O2. The molecule has 0 aliphatic carbocycles. The summed E-state index contributed by atoms with van der Waals surface area (Å²) in [6.07, 6.45) is 0.409. The molecule has 0 saturated heterocycles. The summed E-state index contributed by atoms with van der Waals surface area (Å²) < 4.78 is 15.3. The Morgan fingerprint density at radius 2 is 1.64 bits per heavy atom. The van der Waals surface area contributed by atoms with E-state index in [1.807, 2.05) is 30.3 Å². The zero-order valence-corrected chi connectivity index (χ0v) is 18.1. The number of carbonyl (C=O) groups is 2. The van der Waals surface area contributed by atoms with E-state index < -0.39 is 0 Å². The molecule has 0 unspecified atom stereocenters. The first-order valence-corrected chi connectivity index (χ1v) is 10.6. The molecule has 7 heteroatoms. The van der Waals surface area contributed by atoms with Crippen molar-refractivity contribution in [2.75, 3.05) is 11.9 Å². The van der Waals surface area contributed by atoms with E-state index in [9.17, 15) is 14.0 Å². The lowest BCUT2D eigenvalue weighted by Crippen LogP contribution is -2.25. The fourth-order valence-electron chi connectivity index (χ4n) is 3.47. The van der Waals surface area contributed by atoms with E-state index in [1.54, 1.807) is 53.2 Å². The maximum atomic E-state index is 13.7. The number of anilines is 1. The van der Waals surface area contributed by atoms with Crippen molar-refractivity contribution in [3.8, 4) is 16.9 Å². The summed E-state index contributed by atoms with van der Waals surface area (Å²) in [5.41, 5.74) is 3.38. The van der Waals surface area contributed by atoms with Crippen LogP contribution >= 0.6 is 0 Å². The number of carbonyl (C=O) groups excluding carboxylic acids is 2. The predicted molar refractivity (Wildman–Crippen MR) is 126 cm³/mol. The number of halogens is 1. The van der Waals surface area contributed by atoms with E-state index in [2.05, 4.69) is 15.7 Å². The van der Waals surface area contributed by atoms with Gasteiger partial charge in [-0.1, -0.05) is 48.5 Å². The lowest BCUT2D eigenvalue weighted by Gasteiger charge is -2.09. The molecule has 0 radical (unpaired) electrons. The van der Waals surface area contributed by atoms with Gasteiger partial charge in [-0.05, 0) is 42.3 Å². The summed E-state index contributed by atoms with van der Waals surface area (Å²) in [6, 6.07) is 24.9. The molecule has 3 aromatic carbocycles. The van der Waals surface area contributed by atoms with Crippen molar-refractivity contribution in [2.24, 2.45) is 0 Å². The molecule has 0 fully saturated rings. The summed E-state index contributed by atoms with van der Waals surface area (Å²) in [5, 5.41) is 10.2. The van der Waals surface area contributed by atoms with Crippen molar-refractivity contribution in [1.82, 2.24) is 15.1 Å². The molecular weight excluding hydrogens is 419 g/mol. The highest BCUT2D eigenvalue weighted by Crippen LogP contribution is 2.25. The summed E-state index contributed by atoms with van der Waals surface area (Å²) in [5.74, 6) is -0.198. The third-order valence-corrected chi connectivity index (χ3v) is 5.09. The van der Waals surface area contributed by atoms with Crippen LogP contribution < -0.4 is 10.6 Å². The Morgan fingerprint density at radius 3 is 2.33 bits per heavy atom. The van der Waals surface area contributed by atoms with Gasteiger partial charge in [-0.2, -0.15) is 5.10 Å². The lowest BCUT2D eigenvalue weighted by molar-refractivity contribution is -0.114. The molecule has 4 aromatic rings. The Labute approximate surface area is 191 Å². The van der Waals surface area contributed by atoms with E-state index in [-0.39, 0.29) is 17.6 Å². The van der Waals surface area contributed by atoms with Crippen LogP contribution in [0.4, 0.5) is 10.2 Å². The molecule has 4 rings (SSSR count). The van der Waals surface area contributed by atoms with Crippen LogP contribution in [0.5, 0.6) is 0 Å². The second-order valence-corrected chi connectivity index (χ2v) is 7.52. The second kappa shape index (κ2) is 9.91. The van der Waals surface area contributed by atoms with Gasteiger partial charge in [0.15, 0.2) is 0 Å². The van der Waals surface area contributed by atoms with Crippen molar-refractivity contribution in [1.29, 1.82) is 0 Å². The summed E-state index contributed by atoms with van der Waals surface area (Å²) in [7, 11) is 0. The van der Waals surface area contributed by atoms with Gasteiger partial charge in [0.2, 0.25) is 5.91 Å². The van der Waals surface area contributed by atoms with Gasteiger partial charge in [0.05, 0.1) is 11.4 Å². The average molecular weight is 442 g/mol. The molecule has 33 heavy (non-hydrogen) atoms. The molecule has 2 amide bonds. The standard InChI is InChI=1S/C26H23FN4O2/c1-18(32)29-25-17-24(20-8-3-2-4-9-20)30-31(25)22-13-11-21(12-14-22)26(33)28-16-15-19-7-5-6-10-23(19)27/h2-14,17H,15-16H2,1H3,(H,28,33)(H,29,32). The Bertz CT molecular complexity index is 1270. The van der Waals surface area contributed by atoms with Crippen LogP contribution in [0.2, 0.25) is 0 Å². The minimum absolute atomic E-state index is 0.207. The Hall–Kier alpha value is -4.26. The Balaban J connectivity index is 1.49. The van der Waals surface area contributed by atoms with Gasteiger partial charge in [-0.25, -0.2) is 9.07 Å². The number of hydrogen-bond donors (Lipinski definition) is 2. The third kappa shape index (κ3) is 5.33. The quantitative estimate of drug-likeness (QED) is 0.439. The van der Waals surface area contributed by atoms with Gasteiger partial charge in [-0.3, -0.25) is 9.59 Å². The van der Waals surface area contributed by atoms with Crippen molar-refractivity contribution in [3.05, 3.63) is 102 Å². The predicted octanol–water partition coefficient (Wildman–Crippen LogP) is 4.61. The number of rotatable bonds is 7. The van der Waals surface area contributed by atoms with Gasteiger partial charge in [0.25, 0.3) is 5.91 Å². The molecule has 0 aliphatic rings. The molecule has 2 N–H and O–H groups in total. The molecule has 1 aromatic heterocycles. The monoisotopic (exact) mass is 442 g/mol. The van der Waals surface area contributed by atoms with Crippen LogP contribution in [0.1, 0.15) is 22.8 Å². The first-order chi connectivity index (χ1) is 16.0. The largest absolute Gasteiger partial charge is 0.352 e. The molecule has 0 saturated carbocycles. The van der Waals surface area contributed by atoms with Crippen LogP contribution in [0.15, 0.2) is 84.9 Å². The molecule has 0 spiro atoms. The molecule has 6 nitrogen and oxygen atoms in total. The number of hydrogen-bond acceptors (Lipinski definition) is 3. The highest BCUT2D eigenvalue weighted by molar-refractivity contribution is 5.94. The zero-order valence-electron chi connectivity index (χ0n) is 18.1. The number of amides is 2. The van der Waals surface area contributed by atoms with Gasteiger partial charge in [-0.15, -0.1) is 0 Å². The molecule has 0 aliphatic heterocycles. The average Bonchev–Trinajstić information content (AvgIpc) is 3.24. The minimum atomic E-state index is -0.278. The van der Waals surface area contributed by atoms with Crippen molar-refractivity contribution < 1.29 is 14.0 Å². The maximum absolute atomic E-state index is 13.7. The van der Waals surface area contributed by atoms with E-state index in [0.717, 1.165) is 5.56 Å². The highest BCUT2D eigenvalue weighted by Gasteiger charge is 2.13. The van der Waals surface area contributed by atoms with Gasteiger partial charge in [0.1, 0.15) is 11.6 Å². The fraction of sp³-hybridized carbons (Fsp3) is 0.115. The highest BCUT2D eigenvalue weighted by atomic mass is 19.1. The maximum Gasteiger partial charge on any atom is 0.251 e. The number of aromatic nitrogens is 2. The van der Waals surface area contributed by atoms with Crippen molar-refractivity contribution >= 4 is 17.6 Å². The number of nitrogens with zero attached hydrogens (tertiary/aromatic N) is 2. The number of nitrogens with one attached hydrogen (secondary N) is 2. The topological polar surface area (TPSA) is 76.0 Å². The lowest BCUT2D eigenvalue weighted by atomic mass is 10.1. The van der Waals surface area contributed by atoms with E-state index in [4.69, 9.17) is 0 Å². The summed E-state index contributed by atoms with van der Waals surface area (Å²) in [4.78, 5) is 24.2. The molecule has 1 heterocycles. The second-order valence-electron chi connectivity index (χ2n) is 7.52. The Morgan fingerprint density at radius 1 is 0.939 bits per heavy atom. The van der Waals surface area contributed by atoms with Crippen LogP contribution in [0.25, 0.3) is 16.9 Å². The van der Waals surface area contributed by atoms with E-state index in [1.165, 1.54) is 13.0 Å². The normalized spacial score (nSPS) is 10.6. The smallest absolute Gasteiger partial charge is 0.251 e. The first kappa shape index (κ1) is 22.0. The van der Waals surface area contributed by atoms with Gasteiger partial charge in [0, 0.05) is 30.7 Å². The molecule has 0 atom stereocenters. The fourth-order valence-corrected chi connectivity index (χ4v) is 3.47. The zero-order chi connectivity index (χ0) is 23.2.